The third-order valence-electron chi connectivity index (χ3n) is 4.11. The summed E-state index contributed by atoms with van der Waals surface area (Å²) in [7, 11) is 0. The molecule has 0 saturated carbocycles. The number of hydrogen-bond donors (Lipinski definition) is 2. The number of rotatable bonds is 6. The van der Waals surface area contributed by atoms with E-state index in [1.165, 1.54) is 0 Å². The van der Waals surface area contributed by atoms with Gasteiger partial charge in [0.05, 0.1) is 11.8 Å². The van der Waals surface area contributed by atoms with Gasteiger partial charge in [0.15, 0.2) is 0 Å². The number of para-hydroxylation sites is 2. The molecule has 144 valence electrons. The molecular formula is C22H28N2O3. The van der Waals surface area contributed by atoms with Crippen LogP contribution in [0.4, 0.5) is 11.4 Å². The minimum absolute atomic E-state index is 0.0241. The van der Waals surface area contributed by atoms with Gasteiger partial charge in [-0.15, -0.1) is 0 Å². The summed E-state index contributed by atoms with van der Waals surface area (Å²) < 4.78 is 5.73. The summed E-state index contributed by atoms with van der Waals surface area (Å²) in [5.41, 5.74) is 2.06. The van der Waals surface area contributed by atoms with Crippen molar-refractivity contribution in [3.8, 4) is 5.75 Å². The van der Waals surface area contributed by atoms with Crippen molar-refractivity contribution in [1.29, 1.82) is 0 Å². The molecular weight excluding hydrogens is 340 g/mol. The van der Waals surface area contributed by atoms with Crippen LogP contribution in [-0.4, -0.2) is 17.9 Å². The van der Waals surface area contributed by atoms with Gasteiger partial charge in [-0.2, -0.15) is 0 Å². The zero-order valence-corrected chi connectivity index (χ0v) is 16.8. The van der Waals surface area contributed by atoms with Gasteiger partial charge in [0, 0.05) is 5.69 Å². The number of carbonyl (C=O) groups excluding carboxylic acids is 2. The maximum Gasteiger partial charge on any atom is 0.239 e. The molecule has 27 heavy (non-hydrogen) atoms. The number of carbonyl (C=O) groups is 2. The van der Waals surface area contributed by atoms with E-state index in [2.05, 4.69) is 10.6 Å². The number of ether oxygens (including phenoxy) is 1. The van der Waals surface area contributed by atoms with Crippen LogP contribution in [-0.2, 0) is 9.59 Å². The van der Waals surface area contributed by atoms with Crippen LogP contribution in [0.1, 0.15) is 38.8 Å². The Morgan fingerprint density at radius 2 is 1.48 bits per heavy atom. The number of anilines is 2. The van der Waals surface area contributed by atoms with Crippen LogP contribution >= 0.6 is 0 Å². The SMILES string of the molecule is Cc1cc(C)cc(NC(=O)C(C)(C)C(=O)Nc2ccccc2OC(C)C)c1. The molecule has 0 saturated heterocycles. The summed E-state index contributed by atoms with van der Waals surface area (Å²) in [6.45, 7) is 11.0. The summed E-state index contributed by atoms with van der Waals surface area (Å²) in [6.07, 6.45) is -0.0241. The fraction of sp³-hybridized carbons (Fsp3) is 0.364. The van der Waals surface area contributed by atoms with E-state index < -0.39 is 11.3 Å². The lowest BCUT2D eigenvalue weighted by Crippen LogP contribution is -2.41. The predicted octanol–water partition coefficient (Wildman–Crippen LogP) is 4.69. The monoisotopic (exact) mass is 368 g/mol. The van der Waals surface area contributed by atoms with E-state index in [1.807, 2.05) is 58.0 Å². The first-order valence-corrected chi connectivity index (χ1v) is 9.06. The van der Waals surface area contributed by atoms with Crippen molar-refractivity contribution >= 4 is 23.2 Å². The molecule has 0 aromatic heterocycles. The van der Waals surface area contributed by atoms with E-state index in [0.717, 1.165) is 11.1 Å². The van der Waals surface area contributed by atoms with Crippen LogP contribution in [0.3, 0.4) is 0 Å². The van der Waals surface area contributed by atoms with Crippen molar-refractivity contribution in [2.75, 3.05) is 10.6 Å². The smallest absolute Gasteiger partial charge is 0.239 e. The molecule has 5 heteroatoms. The molecule has 0 aliphatic heterocycles. The molecule has 0 aliphatic rings. The highest BCUT2D eigenvalue weighted by atomic mass is 16.5. The van der Waals surface area contributed by atoms with Gasteiger partial charge in [-0.1, -0.05) is 18.2 Å². The second-order valence-electron chi connectivity index (χ2n) is 7.57. The average Bonchev–Trinajstić information content (AvgIpc) is 2.55. The Morgan fingerprint density at radius 3 is 2.07 bits per heavy atom. The second kappa shape index (κ2) is 8.25. The van der Waals surface area contributed by atoms with Crippen LogP contribution in [0, 0.1) is 19.3 Å². The molecule has 0 spiro atoms. The van der Waals surface area contributed by atoms with Gasteiger partial charge in [-0.05, 0) is 76.9 Å². The minimum Gasteiger partial charge on any atom is -0.489 e. The molecule has 0 aliphatic carbocycles. The highest BCUT2D eigenvalue weighted by Gasteiger charge is 2.36. The largest absolute Gasteiger partial charge is 0.489 e. The van der Waals surface area contributed by atoms with Gasteiger partial charge in [0.2, 0.25) is 11.8 Å². The molecule has 0 radical (unpaired) electrons. The Labute approximate surface area is 161 Å². The molecule has 2 N–H and O–H groups in total. The van der Waals surface area contributed by atoms with Crippen LogP contribution in [0.15, 0.2) is 42.5 Å². The first-order valence-electron chi connectivity index (χ1n) is 9.06. The Morgan fingerprint density at radius 1 is 0.926 bits per heavy atom. The van der Waals surface area contributed by atoms with Crippen molar-refractivity contribution < 1.29 is 14.3 Å². The first kappa shape index (κ1) is 20.5. The Kier molecular flexibility index (Phi) is 6.26. The van der Waals surface area contributed by atoms with Crippen molar-refractivity contribution in [1.82, 2.24) is 0 Å². The Hall–Kier alpha value is -2.82. The molecule has 2 amide bonds. The quantitative estimate of drug-likeness (QED) is 0.727. The fourth-order valence-corrected chi connectivity index (χ4v) is 2.64. The number of aryl methyl sites for hydroxylation is 2. The number of amides is 2. The molecule has 2 rings (SSSR count). The third-order valence-corrected chi connectivity index (χ3v) is 4.11. The second-order valence-corrected chi connectivity index (χ2v) is 7.57. The molecule has 2 aromatic rings. The van der Waals surface area contributed by atoms with Crippen LogP contribution < -0.4 is 15.4 Å². The van der Waals surface area contributed by atoms with Crippen molar-refractivity contribution in [3.05, 3.63) is 53.6 Å². The lowest BCUT2D eigenvalue weighted by atomic mass is 9.90. The number of nitrogens with one attached hydrogen (secondary N) is 2. The number of hydrogen-bond acceptors (Lipinski definition) is 3. The first-order chi connectivity index (χ1) is 12.6. The van der Waals surface area contributed by atoms with Gasteiger partial charge >= 0.3 is 0 Å². The van der Waals surface area contributed by atoms with Crippen LogP contribution in [0.5, 0.6) is 5.75 Å². The van der Waals surface area contributed by atoms with Gasteiger partial charge in [0.1, 0.15) is 11.2 Å². The standard InChI is InChI=1S/C22H28N2O3/c1-14(2)27-19-10-8-7-9-18(19)24-21(26)22(5,6)20(25)23-17-12-15(3)11-16(4)13-17/h7-14H,1-6H3,(H,23,25)(H,24,26). The topological polar surface area (TPSA) is 67.4 Å². The average molecular weight is 368 g/mol. The van der Waals surface area contributed by atoms with Gasteiger partial charge in [-0.25, -0.2) is 0 Å². The summed E-state index contributed by atoms with van der Waals surface area (Å²) in [6, 6.07) is 13.0. The molecule has 0 atom stereocenters. The Balaban J connectivity index is 2.16. The lowest BCUT2D eigenvalue weighted by Gasteiger charge is -2.24. The summed E-state index contributed by atoms with van der Waals surface area (Å²) in [5.74, 6) is -0.192. The number of benzene rings is 2. The molecule has 5 nitrogen and oxygen atoms in total. The Bertz CT molecular complexity index is 821. The summed E-state index contributed by atoms with van der Waals surface area (Å²) >= 11 is 0. The van der Waals surface area contributed by atoms with E-state index in [9.17, 15) is 9.59 Å². The molecule has 0 unspecified atom stereocenters. The molecule has 0 heterocycles. The van der Waals surface area contributed by atoms with Crippen LogP contribution in [0.25, 0.3) is 0 Å². The zero-order valence-electron chi connectivity index (χ0n) is 16.8. The van der Waals surface area contributed by atoms with Gasteiger partial charge in [-0.3, -0.25) is 9.59 Å². The molecule has 2 aromatic carbocycles. The zero-order chi connectivity index (χ0) is 20.2. The van der Waals surface area contributed by atoms with E-state index in [0.29, 0.717) is 17.1 Å². The van der Waals surface area contributed by atoms with Crippen LogP contribution in [0.2, 0.25) is 0 Å². The van der Waals surface area contributed by atoms with E-state index in [1.54, 1.807) is 26.0 Å². The highest BCUT2D eigenvalue weighted by molar-refractivity contribution is 6.14. The maximum atomic E-state index is 12.8. The van der Waals surface area contributed by atoms with Gasteiger partial charge in [0.25, 0.3) is 0 Å². The maximum absolute atomic E-state index is 12.8. The van der Waals surface area contributed by atoms with E-state index in [-0.39, 0.29) is 12.0 Å². The molecule has 0 fully saturated rings. The van der Waals surface area contributed by atoms with Crippen molar-refractivity contribution in [2.45, 2.75) is 47.6 Å². The fourth-order valence-electron chi connectivity index (χ4n) is 2.64. The predicted molar refractivity (Wildman–Crippen MR) is 109 cm³/mol. The minimum atomic E-state index is -1.26. The summed E-state index contributed by atoms with van der Waals surface area (Å²) in [4.78, 5) is 25.6. The third kappa shape index (κ3) is 5.33. The van der Waals surface area contributed by atoms with E-state index >= 15 is 0 Å². The van der Waals surface area contributed by atoms with Gasteiger partial charge < -0.3 is 15.4 Å². The molecule has 0 bridgehead atoms. The van der Waals surface area contributed by atoms with Crippen molar-refractivity contribution in [2.24, 2.45) is 5.41 Å². The normalized spacial score (nSPS) is 11.2. The van der Waals surface area contributed by atoms with Crippen molar-refractivity contribution in [3.63, 3.8) is 0 Å². The van der Waals surface area contributed by atoms with E-state index in [4.69, 9.17) is 4.74 Å². The highest BCUT2D eigenvalue weighted by Crippen LogP contribution is 2.28. The lowest BCUT2D eigenvalue weighted by molar-refractivity contribution is -0.135. The summed E-state index contributed by atoms with van der Waals surface area (Å²) in [5, 5.41) is 5.67.